The summed E-state index contributed by atoms with van der Waals surface area (Å²) in [6.07, 6.45) is 1.59. The predicted octanol–water partition coefficient (Wildman–Crippen LogP) is 3.31. The molecular weight excluding hydrogens is 467 g/mol. The summed E-state index contributed by atoms with van der Waals surface area (Å²) in [5, 5.41) is 6.61. The van der Waals surface area contributed by atoms with Gasteiger partial charge in [-0.1, -0.05) is 30.3 Å². The fourth-order valence-corrected chi connectivity index (χ4v) is 3.15. The van der Waals surface area contributed by atoms with E-state index in [0.717, 1.165) is 41.5 Å². The molecule has 0 spiro atoms. The van der Waals surface area contributed by atoms with Gasteiger partial charge in [0.25, 0.3) is 0 Å². The van der Waals surface area contributed by atoms with Crippen molar-refractivity contribution in [2.75, 3.05) is 25.6 Å². The van der Waals surface area contributed by atoms with Gasteiger partial charge in [0.1, 0.15) is 5.75 Å². The van der Waals surface area contributed by atoms with Crippen LogP contribution in [0.1, 0.15) is 24.0 Å². The van der Waals surface area contributed by atoms with Crippen molar-refractivity contribution in [3.05, 3.63) is 59.7 Å². The summed E-state index contributed by atoms with van der Waals surface area (Å²) >= 11 is 0. The Hall–Kier alpha value is -2.29. The molecule has 0 unspecified atom stereocenters. The highest BCUT2D eigenvalue weighted by molar-refractivity contribution is 14.0. The molecule has 2 aromatic rings. The minimum Gasteiger partial charge on any atom is -0.496 e. The lowest BCUT2D eigenvalue weighted by molar-refractivity contribution is -0.117. The summed E-state index contributed by atoms with van der Waals surface area (Å²) in [6.45, 7) is 2.09. The van der Waals surface area contributed by atoms with Gasteiger partial charge in [-0.25, -0.2) is 0 Å². The highest BCUT2D eigenvalue weighted by atomic mass is 127. The zero-order valence-electron chi connectivity index (χ0n) is 16.3. The molecule has 0 bridgehead atoms. The number of nitrogens with one attached hydrogen (secondary N) is 2. The number of amides is 1. The standard InChI is InChI=1S/C21H26N4O2.HI/c1-22-21(24-15-17-6-3-4-7-19(17)27-2)23-14-16-9-11-18(12-10-16)25-13-5-8-20(25)26;/h3-4,6-7,9-12H,5,8,13-15H2,1-2H3,(H2,22,23,24);1H. The van der Waals surface area contributed by atoms with Gasteiger partial charge in [-0.05, 0) is 30.2 Å². The molecule has 1 saturated heterocycles. The molecule has 2 N–H and O–H groups in total. The first kappa shape index (κ1) is 22.0. The largest absolute Gasteiger partial charge is 0.496 e. The number of anilines is 1. The van der Waals surface area contributed by atoms with Gasteiger partial charge in [0.2, 0.25) is 5.91 Å². The average molecular weight is 494 g/mol. The van der Waals surface area contributed by atoms with E-state index in [0.29, 0.717) is 19.5 Å². The van der Waals surface area contributed by atoms with E-state index >= 15 is 0 Å². The van der Waals surface area contributed by atoms with Crippen molar-refractivity contribution in [2.45, 2.75) is 25.9 Å². The van der Waals surface area contributed by atoms with Crippen LogP contribution in [0, 0.1) is 0 Å². The fourth-order valence-electron chi connectivity index (χ4n) is 3.15. The van der Waals surface area contributed by atoms with E-state index in [4.69, 9.17) is 4.74 Å². The molecule has 28 heavy (non-hydrogen) atoms. The van der Waals surface area contributed by atoms with Crippen molar-refractivity contribution < 1.29 is 9.53 Å². The minimum absolute atomic E-state index is 0. The molecule has 3 rings (SSSR count). The van der Waals surface area contributed by atoms with E-state index in [1.165, 1.54) is 0 Å². The van der Waals surface area contributed by atoms with Crippen LogP contribution in [0.2, 0.25) is 0 Å². The van der Waals surface area contributed by atoms with E-state index < -0.39 is 0 Å². The number of hydrogen-bond donors (Lipinski definition) is 2. The number of carbonyl (C=O) groups excluding carboxylic acids is 1. The summed E-state index contributed by atoms with van der Waals surface area (Å²) in [6, 6.07) is 16.0. The molecule has 0 radical (unpaired) electrons. The number of aliphatic imine (C=N–C) groups is 1. The van der Waals surface area contributed by atoms with Crippen LogP contribution in [0.15, 0.2) is 53.5 Å². The van der Waals surface area contributed by atoms with Crippen molar-refractivity contribution in [3.63, 3.8) is 0 Å². The van der Waals surface area contributed by atoms with Crippen LogP contribution in [-0.4, -0.2) is 32.6 Å². The number of nitrogens with zero attached hydrogens (tertiary/aromatic N) is 2. The smallest absolute Gasteiger partial charge is 0.227 e. The molecule has 0 saturated carbocycles. The Morgan fingerprint density at radius 2 is 1.82 bits per heavy atom. The predicted molar refractivity (Wildman–Crippen MR) is 123 cm³/mol. The number of ether oxygens (including phenoxy) is 1. The Balaban J connectivity index is 0.00000280. The topological polar surface area (TPSA) is 66.0 Å². The lowest BCUT2D eigenvalue weighted by Gasteiger charge is -2.16. The minimum atomic E-state index is 0. The zero-order chi connectivity index (χ0) is 19.1. The van der Waals surface area contributed by atoms with Crippen LogP contribution in [0.4, 0.5) is 5.69 Å². The number of benzene rings is 2. The summed E-state index contributed by atoms with van der Waals surface area (Å²) in [5.41, 5.74) is 3.17. The zero-order valence-corrected chi connectivity index (χ0v) is 18.6. The van der Waals surface area contributed by atoms with Crippen LogP contribution in [0.3, 0.4) is 0 Å². The van der Waals surface area contributed by atoms with Crippen LogP contribution in [0.5, 0.6) is 5.75 Å². The maximum atomic E-state index is 11.8. The molecule has 2 aromatic carbocycles. The number of guanidine groups is 1. The van der Waals surface area contributed by atoms with Gasteiger partial charge in [0.15, 0.2) is 5.96 Å². The molecule has 7 heteroatoms. The number of rotatable bonds is 6. The fraction of sp³-hybridized carbons (Fsp3) is 0.333. The Morgan fingerprint density at radius 1 is 1.11 bits per heavy atom. The molecule has 1 fully saturated rings. The van der Waals surface area contributed by atoms with Gasteiger partial charge >= 0.3 is 0 Å². The van der Waals surface area contributed by atoms with Crippen molar-refractivity contribution in [3.8, 4) is 5.75 Å². The molecular formula is C21H27IN4O2. The molecule has 6 nitrogen and oxygen atoms in total. The highest BCUT2D eigenvalue weighted by Crippen LogP contribution is 2.21. The maximum absolute atomic E-state index is 11.8. The van der Waals surface area contributed by atoms with Gasteiger partial charge in [0.05, 0.1) is 7.11 Å². The first-order valence-corrected chi connectivity index (χ1v) is 9.17. The van der Waals surface area contributed by atoms with Crippen LogP contribution in [-0.2, 0) is 17.9 Å². The van der Waals surface area contributed by atoms with Crippen molar-refractivity contribution in [1.29, 1.82) is 0 Å². The second kappa shape index (κ2) is 10.9. The average Bonchev–Trinajstić information content (AvgIpc) is 3.14. The van der Waals surface area contributed by atoms with Gasteiger partial charge in [-0.2, -0.15) is 0 Å². The highest BCUT2D eigenvalue weighted by Gasteiger charge is 2.21. The van der Waals surface area contributed by atoms with E-state index in [1.54, 1.807) is 14.2 Å². The van der Waals surface area contributed by atoms with Crippen molar-refractivity contribution in [1.82, 2.24) is 10.6 Å². The molecule has 0 atom stereocenters. The lowest BCUT2D eigenvalue weighted by atomic mass is 10.2. The summed E-state index contributed by atoms with van der Waals surface area (Å²) in [4.78, 5) is 17.9. The van der Waals surface area contributed by atoms with E-state index in [9.17, 15) is 4.79 Å². The number of hydrogen-bond acceptors (Lipinski definition) is 3. The Kier molecular flexibility index (Phi) is 8.56. The van der Waals surface area contributed by atoms with E-state index in [2.05, 4.69) is 15.6 Å². The SMILES string of the molecule is CN=C(NCc1ccc(N2CCCC2=O)cc1)NCc1ccccc1OC.I. The Labute approximate surface area is 183 Å². The summed E-state index contributed by atoms with van der Waals surface area (Å²) in [5.74, 6) is 1.79. The van der Waals surface area contributed by atoms with Crippen molar-refractivity contribution in [2.24, 2.45) is 4.99 Å². The number of carbonyl (C=O) groups is 1. The molecule has 1 heterocycles. The second-order valence-electron chi connectivity index (χ2n) is 6.41. The molecule has 150 valence electrons. The van der Waals surface area contributed by atoms with Gasteiger partial charge in [-0.15, -0.1) is 24.0 Å². The number of methoxy groups -OCH3 is 1. The van der Waals surface area contributed by atoms with E-state index in [-0.39, 0.29) is 29.9 Å². The monoisotopic (exact) mass is 494 g/mol. The van der Waals surface area contributed by atoms with Gasteiger partial charge in [-0.3, -0.25) is 9.79 Å². The maximum Gasteiger partial charge on any atom is 0.227 e. The molecule has 1 aliphatic rings. The van der Waals surface area contributed by atoms with Crippen molar-refractivity contribution >= 4 is 41.5 Å². The Bertz CT molecular complexity index is 808. The van der Waals surface area contributed by atoms with Crippen LogP contribution >= 0.6 is 24.0 Å². The third-order valence-corrected chi connectivity index (χ3v) is 4.64. The lowest BCUT2D eigenvalue weighted by Crippen LogP contribution is -2.36. The first-order chi connectivity index (χ1) is 13.2. The number of para-hydroxylation sites is 1. The van der Waals surface area contributed by atoms with Gasteiger partial charge < -0.3 is 20.3 Å². The normalized spacial score (nSPS) is 13.9. The Morgan fingerprint density at radius 3 is 2.46 bits per heavy atom. The van der Waals surface area contributed by atoms with E-state index in [1.807, 2.05) is 53.4 Å². The quantitative estimate of drug-likeness (QED) is 0.368. The third kappa shape index (κ3) is 5.60. The third-order valence-electron chi connectivity index (χ3n) is 4.64. The number of halogens is 1. The second-order valence-corrected chi connectivity index (χ2v) is 6.41. The first-order valence-electron chi connectivity index (χ1n) is 9.17. The van der Waals surface area contributed by atoms with Crippen LogP contribution < -0.4 is 20.3 Å². The molecule has 0 aromatic heterocycles. The molecule has 1 aliphatic heterocycles. The molecule has 1 amide bonds. The summed E-state index contributed by atoms with van der Waals surface area (Å²) < 4.78 is 5.37. The van der Waals surface area contributed by atoms with Crippen LogP contribution in [0.25, 0.3) is 0 Å². The summed E-state index contributed by atoms with van der Waals surface area (Å²) in [7, 11) is 3.42. The van der Waals surface area contributed by atoms with Gasteiger partial charge in [0, 0.05) is 44.4 Å². The molecule has 0 aliphatic carbocycles.